The average Bonchev–Trinajstić information content (AvgIpc) is 3.60. The molecule has 0 bridgehead atoms. The van der Waals surface area contributed by atoms with Crippen LogP contribution in [0, 0.1) is 12.8 Å². The number of ether oxygens (including phenoxy) is 1. The van der Waals surface area contributed by atoms with Gasteiger partial charge in [-0.3, -0.25) is 4.79 Å². The van der Waals surface area contributed by atoms with Gasteiger partial charge >= 0.3 is 0 Å². The molecule has 1 amide bonds. The lowest BCUT2D eigenvalue weighted by Gasteiger charge is -2.21. The van der Waals surface area contributed by atoms with Gasteiger partial charge in [-0.15, -0.1) is 10.2 Å². The summed E-state index contributed by atoms with van der Waals surface area (Å²) in [6, 6.07) is 6.43. The molecule has 1 aromatic carbocycles. The van der Waals surface area contributed by atoms with Crippen LogP contribution in [-0.2, 0) is 17.8 Å². The molecule has 1 atom stereocenters. The Balaban J connectivity index is 1.41. The lowest BCUT2D eigenvalue weighted by molar-refractivity contribution is -0.121. The predicted molar refractivity (Wildman–Crippen MR) is 132 cm³/mol. The summed E-state index contributed by atoms with van der Waals surface area (Å²) in [7, 11) is 1.65. The van der Waals surface area contributed by atoms with Crippen molar-refractivity contribution in [1.29, 1.82) is 0 Å². The van der Waals surface area contributed by atoms with Crippen LogP contribution in [0.1, 0.15) is 98.9 Å². The maximum atomic E-state index is 12.9. The van der Waals surface area contributed by atoms with Crippen molar-refractivity contribution in [1.82, 2.24) is 20.1 Å². The van der Waals surface area contributed by atoms with Crippen molar-refractivity contribution in [3.8, 4) is 5.75 Å². The largest absolute Gasteiger partial charge is 0.496 e. The number of hydrogen-bond donors (Lipinski definition) is 2. The molecule has 186 valence electrons. The summed E-state index contributed by atoms with van der Waals surface area (Å²) in [5, 5.41) is 21.9. The number of aryl methyl sites for hydroxylation is 2. The van der Waals surface area contributed by atoms with Gasteiger partial charge in [-0.1, -0.05) is 44.2 Å². The fourth-order valence-corrected chi connectivity index (χ4v) is 5.29. The number of rotatable bonds is 12. The van der Waals surface area contributed by atoms with Crippen molar-refractivity contribution in [3.05, 3.63) is 41.0 Å². The number of methoxy groups -OCH3 is 1. The molecule has 2 N–H and O–H groups in total. The van der Waals surface area contributed by atoms with Gasteiger partial charge in [-0.05, 0) is 50.2 Å². The maximum Gasteiger partial charge on any atom is 0.221 e. The molecule has 0 spiro atoms. The van der Waals surface area contributed by atoms with Crippen molar-refractivity contribution >= 4 is 5.91 Å². The standard InChI is InChI=1S/C27H40N4O3/c1-19-8-10-22(24(16-19)34-2)18-28-26(33)17-21(14-15-32)27-30-29-25(31(27)23-11-12-23)13-9-20-6-4-3-5-7-20/h8,10,16,20-21,23,32H,3-7,9,11-15,17-18H2,1-2H3,(H,28,33). The molecule has 2 aromatic rings. The van der Waals surface area contributed by atoms with Gasteiger partial charge in [0.2, 0.25) is 5.91 Å². The number of aliphatic hydroxyl groups excluding tert-OH is 1. The SMILES string of the molecule is COc1cc(C)ccc1CNC(=O)CC(CCO)c1nnc(CCC2CCCCC2)n1C1CC1. The third kappa shape index (κ3) is 6.38. The van der Waals surface area contributed by atoms with E-state index in [4.69, 9.17) is 4.74 Å². The molecule has 7 heteroatoms. The van der Waals surface area contributed by atoms with Crippen LogP contribution < -0.4 is 10.1 Å². The summed E-state index contributed by atoms with van der Waals surface area (Å²) >= 11 is 0. The highest BCUT2D eigenvalue weighted by molar-refractivity contribution is 5.76. The zero-order valence-electron chi connectivity index (χ0n) is 20.8. The normalized spacial score (nSPS) is 17.5. The van der Waals surface area contributed by atoms with Gasteiger partial charge in [0.05, 0.1) is 7.11 Å². The summed E-state index contributed by atoms with van der Waals surface area (Å²) in [6.45, 7) is 2.46. The minimum absolute atomic E-state index is 0.0265. The smallest absolute Gasteiger partial charge is 0.221 e. The van der Waals surface area contributed by atoms with E-state index in [2.05, 4.69) is 20.1 Å². The molecule has 2 fully saturated rings. The molecular formula is C27H40N4O3. The molecular weight excluding hydrogens is 428 g/mol. The molecule has 2 aliphatic rings. The Morgan fingerprint density at radius 1 is 1.21 bits per heavy atom. The Morgan fingerprint density at radius 3 is 2.71 bits per heavy atom. The number of carbonyl (C=O) groups excluding carboxylic acids is 1. The van der Waals surface area contributed by atoms with Crippen LogP contribution in [0.15, 0.2) is 18.2 Å². The fourth-order valence-electron chi connectivity index (χ4n) is 5.29. The van der Waals surface area contributed by atoms with Gasteiger partial charge in [0, 0.05) is 43.5 Å². The molecule has 1 heterocycles. The first-order valence-corrected chi connectivity index (χ1v) is 13.0. The maximum absolute atomic E-state index is 12.9. The number of nitrogens with zero attached hydrogens (tertiary/aromatic N) is 3. The number of aromatic nitrogens is 3. The molecule has 2 saturated carbocycles. The number of aliphatic hydroxyl groups is 1. The van der Waals surface area contributed by atoms with Crippen LogP contribution in [0.3, 0.4) is 0 Å². The quantitative estimate of drug-likeness (QED) is 0.475. The summed E-state index contributed by atoms with van der Waals surface area (Å²) in [5.74, 6) is 3.34. The van der Waals surface area contributed by atoms with Gasteiger partial charge in [-0.25, -0.2) is 0 Å². The lowest BCUT2D eigenvalue weighted by Crippen LogP contribution is -2.26. The van der Waals surface area contributed by atoms with E-state index < -0.39 is 0 Å². The Morgan fingerprint density at radius 2 is 2.00 bits per heavy atom. The van der Waals surface area contributed by atoms with Crippen LogP contribution >= 0.6 is 0 Å². The highest BCUT2D eigenvalue weighted by Gasteiger charge is 2.33. The summed E-state index contributed by atoms with van der Waals surface area (Å²) in [5.41, 5.74) is 2.07. The van der Waals surface area contributed by atoms with Crippen LogP contribution in [0.4, 0.5) is 0 Å². The summed E-state index contributed by atoms with van der Waals surface area (Å²) < 4.78 is 7.76. The van der Waals surface area contributed by atoms with Gasteiger partial charge in [0.25, 0.3) is 0 Å². The van der Waals surface area contributed by atoms with Crippen molar-refractivity contribution < 1.29 is 14.6 Å². The molecule has 2 aliphatic carbocycles. The first kappa shape index (κ1) is 24.7. The van der Waals surface area contributed by atoms with Gasteiger partial charge in [0.15, 0.2) is 0 Å². The van der Waals surface area contributed by atoms with E-state index in [1.54, 1.807) is 7.11 Å². The third-order valence-corrected chi connectivity index (χ3v) is 7.40. The third-order valence-electron chi connectivity index (χ3n) is 7.40. The minimum atomic E-state index is -0.138. The summed E-state index contributed by atoms with van der Waals surface area (Å²) in [4.78, 5) is 12.9. The highest BCUT2D eigenvalue weighted by atomic mass is 16.5. The van der Waals surface area contributed by atoms with E-state index in [1.807, 2.05) is 25.1 Å². The first-order valence-electron chi connectivity index (χ1n) is 13.0. The second kappa shape index (κ2) is 11.8. The molecule has 7 nitrogen and oxygen atoms in total. The first-order chi connectivity index (χ1) is 16.6. The highest BCUT2D eigenvalue weighted by Crippen LogP contribution is 2.40. The molecule has 0 radical (unpaired) electrons. The Hall–Kier alpha value is -2.41. The molecule has 1 unspecified atom stereocenters. The van der Waals surface area contributed by atoms with E-state index in [0.717, 1.165) is 53.7 Å². The molecule has 0 saturated heterocycles. The number of amides is 1. The lowest BCUT2D eigenvalue weighted by atomic mass is 9.86. The van der Waals surface area contributed by atoms with Crippen LogP contribution in [0.25, 0.3) is 0 Å². The number of hydrogen-bond acceptors (Lipinski definition) is 5. The molecule has 0 aliphatic heterocycles. The van der Waals surface area contributed by atoms with Crippen LogP contribution in [0.5, 0.6) is 5.75 Å². The van der Waals surface area contributed by atoms with Crippen molar-refractivity contribution in [3.63, 3.8) is 0 Å². The van der Waals surface area contributed by atoms with E-state index in [9.17, 15) is 9.90 Å². The minimum Gasteiger partial charge on any atom is -0.496 e. The Bertz CT molecular complexity index is 947. The summed E-state index contributed by atoms with van der Waals surface area (Å²) in [6.07, 6.45) is 12.0. The van der Waals surface area contributed by atoms with Crippen LogP contribution in [-0.4, -0.2) is 39.5 Å². The zero-order valence-corrected chi connectivity index (χ0v) is 20.8. The number of benzene rings is 1. The van der Waals surface area contributed by atoms with Crippen LogP contribution in [0.2, 0.25) is 0 Å². The van der Waals surface area contributed by atoms with Crippen molar-refractivity contribution in [2.45, 2.75) is 96.1 Å². The molecule has 34 heavy (non-hydrogen) atoms. The molecule has 4 rings (SSSR count). The number of nitrogens with one attached hydrogen (secondary N) is 1. The van der Waals surface area contributed by atoms with Gasteiger partial charge in [0.1, 0.15) is 17.4 Å². The average molecular weight is 469 g/mol. The van der Waals surface area contributed by atoms with Crippen molar-refractivity contribution in [2.75, 3.05) is 13.7 Å². The van der Waals surface area contributed by atoms with Gasteiger partial charge < -0.3 is 19.7 Å². The predicted octanol–water partition coefficient (Wildman–Crippen LogP) is 4.62. The topological polar surface area (TPSA) is 89.3 Å². The molecule has 1 aromatic heterocycles. The second-order valence-electron chi connectivity index (χ2n) is 10.1. The Kier molecular flexibility index (Phi) is 8.59. The van der Waals surface area contributed by atoms with Gasteiger partial charge in [-0.2, -0.15) is 0 Å². The van der Waals surface area contributed by atoms with E-state index >= 15 is 0 Å². The van der Waals surface area contributed by atoms with E-state index in [0.29, 0.717) is 25.4 Å². The fraction of sp³-hybridized carbons (Fsp3) is 0.667. The van der Waals surface area contributed by atoms with Crippen molar-refractivity contribution in [2.24, 2.45) is 5.92 Å². The zero-order chi connectivity index (χ0) is 23.9. The number of carbonyl (C=O) groups is 1. The Labute approximate surface area is 203 Å². The van der Waals surface area contributed by atoms with E-state index in [1.165, 1.54) is 38.5 Å². The van der Waals surface area contributed by atoms with E-state index in [-0.39, 0.29) is 18.4 Å². The monoisotopic (exact) mass is 468 g/mol. The second-order valence-corrected chi connectivity index (χ2v) is 10.1.